The summed E-state index contributed by atoms with van der Waals surface area (Å²) in [5.41, 5.74) is 1.72. The third-order valence-corrected chi connectivity index (χ3v) is 2.96. The molecule has 0 aliphatic carbocycles. The van der Waals surface area contributed by atoms with Gasteiger partial charge in [-0.2, -0.15) is 9.98 Å². The first kappa shape index (κ1) is 21.8. The standard InChI is InChI=1S/C9H6N2O2.C2H5O9P/c1-7-2-3-8(10-5-12)4-9(7)11-6-13;3-1(4)10-12(7,8,9)11-2(5)6/h2-4H,1H3;7-9H,(H,3,4)(H,5,6). The number of aryl methyl sites for hydroxylation is 1. The Balaban J connectivity index is 0.000000463. The molecule has 13 nitrogen and oxygen atoms in total. The Labute approximate surface area is 138 Å². The first-order valence-electron chi connectivity index (χ1n) is 5.77. The van der Waals surface area contributed by atoms with E-state index in [4.69, 9.17) is 24.9 Å². The molecule has 0 bridgehead atoms. The molecule has 0 fully saturated rings. The van der Waals surface area contributed by atoms with Crippen LogP contribution in [0.3, 0.4) is 0 Å². The Morgan fingerprint density at radius 2 is 1.48 bits per heavy atom. The van der Waals surface area contributed by atoms with Gasteiger partial charge >= 0.3 is 63.6 Å². The van der Waals surface area contributed by atoms with E-state index in [1.807, 2.05) is 0 Å². The van der Waals surface area contributed by atoms with E-state index in [1.54, 1.807) is 19.1 Å². The number of carboxylic acid groups (broad SMARTS) is 2. The van der Waals surface area contributed by atoms with Crippen molar-refractivity contribution in [2.24, 2.45) is 9.98 Å². The van der Waals surface area contributed by atoms with Gasteiger partial charge in [0, 0.05) is 0 Å². The number of hydrogen-bond donors (Lipinski definition) is 5. The van der Waals surface area contributed by atoms with Crippen molar-refractivity contribution in [1.29, 1.82) is 0 Å². The molecule has 25 heavy (non-hydrogen) atoms. The number of hydrogen-bond acceptors (Lipinski definition) is 11. The van der Waals surface area contributed by atoms with Crippen LogP contribution in [0.5, 0.6) is 0 Å². The molecule has 0 spiro atoms. The summed E-state index contributed by atoms with van der Waals surface area (Å²) in [7, 11) is -6.49. The van der Waals surface area contributed by atoms with Crippen molar-refractivity contribution in [2.75, 3.05) is 0 Å². The molecule has 0 atom stereocenters. The second-order valence-corrected chi connectivity index (χ2v) is 5.95. The van der Waals surface area contributed by atoms with Gasteiger partial charge in [-0.05, 0) is 24.6 Å². The van der Waals surface area contributed by atoms with Crippen molar-refractivity contribution >= 4 is 43.6 Å². The zero-order valence-electron chi connectivity index (χ0n) is 12.3. The minimum absolute atomic E-state index is 0.426. The van der Waals surface area contributed by atoms with Crippen LogP contribution in [0.15, 0.2) is 28.2 Å². The summed E-state index contributed by atoms with van der Waals surface area (Å²) in [6, 6.07) is 4.88. The van der Waals surface area contributed by atoms with Crippen LogP contribution in [0.2, 0.25) is 0 Å². The Morgan fingerprint density at radius 1 is 1.00 bits per heavy atom. The molecule has 0 radical (unpaired) electrons. The fourth-order valence-electron chi connectivity index (χ4n) is 1.18. The quantitative estimate of drug-likeness (QED) is 0.287. The van der Waals surface area contributed by atoms with Crippen molar-refractivity contribution in [1.82, 2.24) is 0 Å². The van der Waals surface area contributed by atoms with Gasteiger partial charge in [-0.3, -0.25) is 0 Å². The van der Waals surface area contributed by atoms with Crippen molar-refractivity contribution in [2.45, 2.75) is 6.92 Å². The molecular weight excluding hydrogens is 367 g/mol. The molecule has 0 aliphatic rings. The molecule has 0 aromatic heterocycles. The molecule has 1 aromatic carbocycles. The van der Waals surface area contributed by atoms with Gasteiger partial charge in [0.15, 0.2) is 0 Å². The van der Waals surface area contributed by atoms with E-state index in [0.717, 1.165) is 5.56 Å². The van der Waals surface area contributed by atoms with Gasteiger partial charge in [-0.1, -0.05) is 6.07 Å². The first-order valence-corrected chi connectivity index (χ1v) is 7.70. The first-order chi connectivity index (χ1) is 11.4. The summed E-state index contributed by atoms with van der Waals surface area (Å²) >= 11 is 0. The van der Waals surface area contributed by atoms with E-state index in [0.29, 0.717) is 11.4 Å². The second-order valence-electron chi connectivity index (χ2n) is 3.92. The molecule has 0 amide bonds. The topological polar surface area (TPSA) is 213 Å². The number of carbonyl (C=O) groups is 2. The van der Waals surface area contributed by atoms with Crippen LogP contribution in [0.4, 0.5) is 21.0 Å². The van der Waals surface area contributed by atoms with Crippen molar-refractivity contribution in [3.63, 3.8) is 0 Å². The zero-order valence-corrected chi connectivity index (χ0v) is 13.2. The summed E-state index contributed by atoms with van der Waals surface area (Å²) in [6.07, 6.45) is -1.74. The fraction of sp³-hybridized carbons (Fsp3) is 0.0909. The summed E-state index contributed by atoms with van der Waals surface area (Å²) in [6.45, 7) is 1.80. The predicted molar refractivity (Wildman–Crippen MR) is 78.5 cm³/mol. The Kier molecular flexibility index (Phi) is 7.52. The normalized spacial score (nSPS) is 11.1. The Hall–Kier alpha value is -3.17. The Bertz CT molecular complexity index is 737. The van der Waals surface area contributed by atoms with Gasteiger partial charge < -0.3 is 0 Å². The molecule has 14 heteroatoms. The monoisotopic (exact) mass is 378 g/mol. The number of carbonyl (C=O) groups excluding carboxylic acids is 2. The van der Waals surface area contributed by atoms with Gasteiger partial charge in [0.05, 0.1) is 11.4 Å². The predicted octanol–water partition coefficient (Wildman–Crippen LogP) is 1.41. The summed E-state index contributed by atoms with van der Waals surface area (Å²) in [5.74, 6) is 0. The second kappa shape index (κ2) is 8.62. The number of isocyanates is 2. The number of rotatable bonds is 4. The molecule has 1 rings (SSSR count). The van der Waals surface area contributed by atoms with Gasteiger partial charge in [0.2, 0.25) is 12.2 Å². The van der Waals surface area contributed by atoms with Gasteiger partial charge in [0.25, 0.3) is 0 Å². The molecule has 1 aromatic rings. The summed E-state index contributed by atoms with van der Waals surface area (Å²) < 4.78 is 6.09. The average molecular weight is 378 g/mol. The number of nitrogens with zero attached hydrogens (tertiary/aromatic N) is 2. The maximum atomic E-state index is 10.00. The van der Waals surface area contributed by atoms with Crippen LogP contribution in [0, 0.1) is 6.92 Å². The maximum absolute atomic E-state index is 10.00. The van der Waals surface area contributed by atoms with Gasteiger partial charge in [0.1, 0.15) is 0 Å². The SMILES string of the molecule is Cc1ccc(N=C=O)cc1N=C=O.O=C(O)OP(O)(O)(O)OC(=O)O. The molecule has 136 valence electrons. The van der Waals surface area contributed by atoms with Crippen LogP contribution >= 0.6 is 7.74 Å². The zero-order chi connectivity index (χ0) is 19.7. The van der Waals surface area contributed by atoms with E-state index in [-0.39, 0.29) is 0 Å². The molecule has 0 aliphatic heterocycles. The molecule has 5 N–H and O–H groups in total. The van der Waals surface area contributed by atoms with E-state index in [9.17, 15) is 19.2 Å². The van der Waals surface area contributed by atoms with E-state index in [1.165, 1.54) is 18.2 Å². The van der Waals surface area contributed by atoms with Crippen molar-refractivity contribution < 1.29 is 53.1 Å². The molecule has 0 saturated heterocycles. The van der Waals surface area contributed by atoms with Crippen LogP contribution < -0.4 is 0 Å². The summed E-state index contributed by atoms with van der Waals surface area (Å²) in [5, 5.41) is 15.6. The van der Waals surface area contributed by atoms with Gasteiger partial charge in [-0.25, -0.2) is 9.59 Å². The van der Waals surface area contributed by atoms with Crippen molar-refractivity contribution in [3.8, 4) is 0 Å². The molecule has 0 saturated carbocycles. The fourth-order valence-corrected chi connectivity index (χ4v) is 1.77. The number of aliphatic imine (C=N–C) groups is 2. The third-order valence-electron chi connectivity index (χ3n) is 2.01. The third kappa shape index (κ3) is 9.54. The van der Waals surface area contributed by atoms with Crippen LogP contribution in [0.25, 0.3) is 0 Å². The van der Waals surface area contributed by atoms with E-state index in [2.05, 4.69) is 19.0 Å². The van der Waals surface area contributed by atoms with Crippen molar-refractivity contribution in [3.05, 3.63) is 23.8 Å². The average Bonchev–Trinajstić information content (AvgIpc) is 2.39. The van der Waals surface area contributed by atoms with Crippen LogP contribution in [-0.4, -0.2) is 49.4 Å². The van der Waals surface area contributed by atoms with E-state index >= 15 is 0 Å². The summed E-state index contributed by atoms with van der Waals surface area (Å²) in [4.78, 5) is 71.2. The van der Waals surface area contributed by atoms with Crippen LogP contribution in [0.1, 0.15) is 5.56 Å². The van der Waals surface area contributed by atoms with Crippen LogP contribution in [-0.2, 0) is 18.6 Å². The number of benzene rings is 1. The Morgan fingerprint density at radius 3 is 1.88 bits per heavy atom. The minimum atomic E-state index is -6.49. The molecule has 0 unspecified atom stereocenters. The molecular formula is C11H11N2O11P. The van der Waals surface area contributed by atoms with E-state index < -0.39 is 20.0 Å². The van der Waals surface area contributed by atoms with Gasteiger partial charge in [-0.15, -0.1) is 0 Å². The molecule has 0 heterocycles.